The van der Waals surface area contributed by atoms with Crippen molar-refractivity contribution in [3.05, 3.63) is 27.8 Å². The maximum absolute atomic E-state index is 5.51. The molecule has 0 fully saturated rings. The SMILES string of the molecule is C[C@@H](CN)Oc1cccc(I)c1. The first-order valence-electron chi connectivity index (χ1n) is 3.84. The second kappa shape index (κ2) is 4.67. The third-order valence-corrected chi connectivity index (χ3v) is 2.14. The molecule has 0 amide bonds. The fourth-order valence-corrected chi connectivity index (χ4v) is 1.34. The Morgan fingerprint density at radius 3 is 2.92 bits per heavy atom. The molecule has 1 aromatic rings. The van der Waals surface area contributed by atoms with Gasteiger partial charge in [0.15, 0.2) is 0 Å². The third-order valence-electron chi connectivity index (χ3n) is 1.47. The standard InChI is InChI=1S/C9H12INO/c1-7(6-11)12-9-4-2-3-8(10)5-9/h2-5,7H,6,11H2,1H3/t7-/m0/s1. The molecule has 0 saturated carbocycles. The molecular weight excluding hydrogens is 265 g/mol. The number of benzene rings is 1. The summed E-state index contributed by atoms with van der Waals surface area (Å²) >= 11 is 2.25. The van der Waals surface area contributed by atoms with Gasteiger partial charge in [-0.25, -0.2) is 0 Å². The van der Waals surface area contributed by atoms with Crippen molar-refractivity contribution >= 4 is 22.6 Å². The zero-order valence-corrected chi connectivity index (χ0v) is 9.11. The van der Waals surface area contributed by atoms with Crippen molar-refractivity contribution in [1.29, 1.82) is 0 Å². The molecular formula is C9H12INO. The average Bonchev–Trinajstić information content (AvgIpc) is 2.04. The summed E-state index contributed by atoms with van der Waals surface area (Å²) in [6, 6.07) is 7.93. The van der Waals surface area contributed by atoms with Gasteiger partial charge >= 0.3 is 0 Å². The minimum atomic E-state index is 0.0863. The van der Waals surface area contributed by atoms with E-state index >= 15 is 0 Å². The van der Waals surface area contributed by atoms with Crippen LogP contribution in [0, 0.1) is 3.57 Å². The number of halogens is 1. The highest BCUT2D eigenvalue weighted by Crippen LogP contribution is 2.15. The molecule has 0 aliphatic rings. The summed E-state index contributed by atoms with van der Waals surface area (Å²) < 4.78 is 6.69. The molecule has 0 aliphatic carbocycles. The normalized spacial score (nSPS) is 12.6. The molecule has 1 rings (SSSR count). The van der Waals surface area contributed by atoms with Crippen LogP contribution in [0.15, 0.2) is 24.3 Å². The predicted octanol–water partition coefficient (Wildman–Crippen LogP) is 2.02. The molecule has 0 radical (unpaired) electrons. The lowest BCUT2D eigenvalue weighted by atomic mass is 10.3. The monoisotopic (exact) mass is 277 g/mol. The van der Waals surface area contributed by atoms with Gasteiger partial charge in [-0.1, -0.05) is 6.07 Å². The van der Waals surface area contributed by atoms with Crippen LogP contribution in [-0.2, 0) is 0 Å². The Kier molecular flexibility index (Phi) is 3.81. The maximum Gasteiger partial charge on any atom is 0.120 e. The number of nitrogens with two attached hydrogens (primary N) is 1. The summed E-state index contributed by atoms with van der Waals surface area (Å²) in [6.45, 7) is 2.51. The second-order valence-corrected chi connectivity index (χ2v) is 3.87. The molecule has 12 heavy (non-hydrogen) atoms. The van der Waals surface area contributed by atoms with Crippen molar-refractivity contribution in [2.24, 2.45) is 5.73 Å². The van der Waals surface area contributed by atoms with E-state index < -0.39 is 0 Å². The van der Waals surface area contributed by atoms with Gasteiger partial charge in [0.1, 0.15) is 11.9 Å². The molecule has 0 spiro atoms. The van der Waals surface area contributed by atoms with E-state index in [0.717, 1.165) is 5.75 Å². The van der Waals surface area contributed by atoms with E-state index in [0.29, 0.717) is 6.54 Å². The Bertz CT molecular complexity index is 252. The van der Waals surface area contributed by atoms with Gasteiger partial charge in [0.2, 0.25) is 0 Å². The van der Waals surface area contributed by atoms with Gasteiger partial charge in [0.25, 0.3) is 0 Å². The van der Waals surface area contributed by atoms with Gasteiger partial charge in [0, 0.05) is 10.1 Å². The first kappa shape index (κ1) is 9.80. The molecule has 0 unspecified atom stereocenters. The Hall–Kier alpha value is -0.290. The van der Waals surface area contributed by atoms with Gasteiger partial charge < -0.3 is 10.5 Å². The molecule has 1 atom stereocenters. The Morgan fingerprint density at radius 1 is 1.58 bits per heavy atom. The van der Waals surface area contributed by atoms with E-state index in [1.165, 1.54) is 3.57 Å². The summed E-state index contributed by atoms with van der Waals surface area (Å²) in [5, 5.41) is 0. The molecule has 2 nitrogen and oxygen atoms in total. The number of ether oxygens (including phenoxy) is 1. The van der Waals surface area contributed by atoms with Gasteiger partial charge in [0.05, 0.1) is 0 Å². The van der Waals surface area contributed by atoms with Crippen molar-refractivity contribution in [3.63, 3.8) is 0 Å². The van der Waals surface area contributed by atoms with E-state index in [1.54, 1.807) is 0 Å². The topological polar surface area (TPSA) is 35.2 Å². The molecule has 1 aromatic carbocycles. The Morgan fingerprint density at radius 2 is 2.33 bits per heavy atom. The number of hydrogen-bond donors (Lipinski definition) is 1. The third kappa shape index (κ3) is 2.98. The molecule has 0 aliphatic heterocycles. The minimum absolute atomic E-state index is 0.0863. The highest BCUT2D eigenvalue weighted by molar-refractivity contribution is 14.1. The lowest BCUT2D eigenvalue weighted by Crippen LogP contribution is -2.22. The summed E-state index contributed by atoms with van der Waals surface area (Å²) in [5.74, 6) is 0.889. The zero-order chi connectivity index (χ0) is 8.97. The van der Waals surface area contributed by atoms with Crippen LogP contribution in [0.2, 0.25) is 0 Å². The lowest BCUT2D eigenvalue weighted by Gasteiger charge is -2.11. The molecule has 0 heterocycles. The first-order valence-corrected chi connectivity index (χ1v) is 4.92. The Balaban J connectivity index is 2.63. The summed E-state index contributed by atoms with van der Waals surface area (Å²) in [4.78, 5) is 0. The molecule has 3 heteroatoms. The van der Waals surface area contributed by atoms with E-state index in [-0.39, 0.29) is 6.10 Å². The average molecular weight is 277 g/mol. The van der Waals surface area contributed by atoms with Crippen LogP contribution in [0.1, 0.15) is 6.92 Å². The van der Waals surface area contributed by atoms with Crippen LogP contribution in [0.25, 0.3) is 0 Å². The lowest BCUT2D eigenvalue weighted by molar-refractivity contribution is 0.230. The highest BCUT2D eigenvalue weighted by Gasteiger charge is 2.00. The van der Waals surface area contributed by atoms with E-state index in [1.807, 2.05) is 31.2 Å². The molecule has 2 N–H and O–H groups in total. The number of rotatable bonds is 3. The fourth-order valence-electron chi connectivity index (χ4n) is 0.821. The van der Waals surface area contributed by atoms with Crippen molar-refractivity contribution in [1.82, 2.24) is 0 Å². The minimum Gasteiger partial charge on any atom is -0.489 e. The van der Waals surface area contributed by atoms with Crippen LogP contribution in [0.4, 0.5) is 0 Å². The second-order valence-electron chi connectivity index (χ2n) is 2.62. The first-order chi connectivity index (χ1) is 5.72. The van der Waals surface area contributed by atoms with Crippen molar-refractivity contribution in [2.75, 3.05) is 6.54 Å². The van der Waals surface area contributed by atoms with Crippen LogP contribution in [0.5, 0.6) is 5.75 Å². The molecule has 0 aromatic heterocycles. The van der Waals surface area contributed by atoms with Crippen LogP contribution in [0.3, 0.4) is 0 Å². The number of hydrogen-bond acceptors (Lipinski definition) is 2. The maximum atomic E-state index is 5.51. The molecule has 66 valence electrons. The summed E-state index contributed by atoms with van der Waals surface area (Å²) in [5.41, 5.74) is 5.43. The summed E-state index contributed by atoms with van der Waals surface area (Å²) in [7, 11) is 0. The van der Waals surface area contributed by atoms with Gasteiger partial charge in [-0.2, -0.15) is 0 Å². The zero-order valence-electron chi connectivity index (χ0n) is 6.96. The largest absolute Gasteiger partial charge is 0.489 e. The fraction of sp³-hybridized carbons (Fsp3) is 0.333. The van der Waals surface area contributed by atoms with Crippen molar-refractivity contribution < 1.29 is 4.74 Å². The van der Waals surface area contributed by atoms with Crippen LogP contribution < -0.4 is 10.5 Å². The molecule has 0 saturated heterocycles. The molecule has 0 bridgehead atoms. The quantitative estimate of drug-likeness (QED) is 0.858. The van der Waals surface area contributed by atoms with E-state index in [4.69, 9.17) is 10.5 Å². The Labute approximate surface area is 86.2 Å². The van der Waals surface area contributed by atoms with Gasteiger partial charge in [-0.3, -0.25) is 0 Å². The van der Waals surface area contributed by atoms with Gasteiger partial charge in [-0.05, 0) is 47.7 Å². The van der Waals surface area contributed by atoms with Crippen LogP contribution >= 0.6 is 22.6 Å². The van der Waals surface area contributed by atoms with Crippen molar-refractivity contribution in [3.8, 4) is 5.75 Å². The van der Waals surface area contributed by atoms with Crippen molar-refractivity contribution in [2.45, 2.75) is 13.0 Å². The smallest absolute Gasteiger partial charge is 0.120 e. The van der Waals surface area contributed by atoms with E-state index in [2.05, 4.69) is 22.6 Å². The van der Waals surface area contributed by atoms with Crippen LogP contribution in [-0.4, -0.2) is 12.6 Å². The predicted molar refractivity (Wildman–Crippen MR) is 58.3 cm³/mol. The summed E-state index contributed by atoms with van der Waals surface area (Å²) in [6.07, 6.45) is 0.0863. The van der Waals surface area contributed by atoms with Gasteiger partial charge in [-0.15, -0.1) is 0 Å². The highest BCUT2D eigenvalue weighted by atomic mass is 127. The van der Waals surface area contributed by atoms with E-state index in [9.17, 15) is 0 Å².